The number of carboxylic acid groups (broad SMARTS) is 1. The minimum Gasteiger partial charge on any atom is -0.481 e. The van der Waals surface area contributed by atoms with Gasteiger partial charge in [-0.15, -0.1) is 0 Å². The maximum Gasteiger partial charge on any atom is 0.326 e. The summed E-state index contributed by atoms with van der Waals surface area (Å²) < 4.78 is 0. The predicted octanol–water partition coefficient (Wildman–Crippen LogP) is 5.39. The minimum atomic E-state index is -0.835. The normalized spacial score (nSPS) is 13.1. The highest BCUT2D eigenvalue weighted by Crippen LogP contribution is 2.28. The summed E-state index contributed by atoms with van der Waals surface area (Å²) in [5.41, 5.74) is 6.33. The van der Waals surface area contributed by atoms with E-state index in [2.05, 4.69) is 10.6 Å². The number of hydrogen-bond donors (Lipinski definition) is 3. The number of amides is 2. The Morgan fingerprint density at radius 1 is 1.03 bits per heavy atom. The molecule has 0 aliphatic carbocycles. The van der Waals surface area contributed by atoms with Gasteiger partial charge in [0.2, 0.25) is 0 Å². The third-order valence-corrected chi connectivity index (χ3v) is 6.49. The smallest absolute Gasteiger partial charge is 0.326 e. The molecule has 1 atom stereocenters. The molecule has 0 fully saturated rings. The summed E-state index contributed by atoms with van der Waals surface area (Å²) in [6.45, 7) is 4.62. The standard InChI is InChI=1S/C29H31N3O4/c1-19(15-28(34)35)23-7-5-8-24(17-23)30-18-25(33)16-21-10-11-26(20(2)14-21)31-29(36)32-13-12-22-6-3-4-9-27(22)32/h3-11,14,17,19,30H,12-13,15-16,18H2,1-2H3,(H,31,36)(H,34,35). The molecule has 1 heterocycles. The van der Waals surface area contributed by atoms with E-state index in [0.29, 0.717) is 6.54 Å². The lowest BCUT2D eigenvalue weighted by molar-refractivity contribution is -0.137. The number of nitrogens with zero attached hydrogens (tertiary/aromatic N) is 1. The molecule has 36 heavy (non-hydrogen) atoms. The Balaban J connectivity index is 1.31. The van der Waals surface area contributed by atoms with Crippen molar-refractivity contribution in [3.63, 3.8) is 0 Å². The van der Waals surface area contributed by atoms with Crippen LogP contribution in [0, 0.1) is 6.92 Å². The van der Waals surface area contributed by atoms with Gasteiger partial charge in [-0.3, -0.25) is 14.5 Å². The number of benzene rings is 3. The summed E-state index contributed by atoms with van der Waals surface area (Å²) in [6.07, 6.45) is 1.18. The minimum absolute atomic E-state index is 0.0313. The van der Waals surface area contributed by atoms with Gasteiger partial charge >= 0.3 is 12.0 Å². The highest BCUT2D eigenvalue weighted by atomic mass is 16.4. The fourth-order valence-corrected chi connectivity index (χ4v) is 4.53. The van der Waals surface area contributed by atoms with Gasteiger partial charge in [0, 0.05) is 30.0 Å². The van der Waals surface area contributed by atoms with Gasteiger partial charge in [0.1, 0.15) is 0 Å². The molecule has 0 bridgehead atoms. The van der Waals surface area contributed by atoms with E-state index in [9.17, 15) is 14.4 Å². The molecule has 0 saturated heterocycles. The van der Waals surface area contributed by atoms with Gasteiger partial charge in [-0.05, 0) is 65.8 Å². The number of anilines is 3. The Bertz CT molecular complexity index is 1290. The average Bonchev–Trinajstić information content (AvgIpc) is 3.28. The van der Waals surface area contributed by atoms with E-state index in [4.69, 9.17) is 5.11 Å². The lowest BCUT2D eigenvalue weighted by Crippen LogP contribution is -2.33. The second kappa shape index (κ2) is 11.1. The van der Waals surface area contributed by atoms with Crippen LogP contribution in [0.1, 0.15) is 41.5 Å². The molecule has 186 valence electrons. The molecule has 7 heteroatoms. The molecule has 7 nitrogen and oxygen atoms in total. The highest BCUT2D eigenvalue weighted by Gasteiger charge is 2.24. The Morgan fingerprint density at radius 3 is 2.61 bits per heavy atom. The maximum atomic E-state index is 12.9. The number of carboxylic acids is 1. The van der Waals surface area contributed by atoms with E-state index in [1.807, 2.05) is 80.6 Å². The molecule has 0 radical (unpaired) electrons. The Morgan fingerprint density at radius 2 is 1.83 bits per heavy atom. The summed E-state index contributed by atoms with van der Waals surface area (Å²) >= 11 is 0. The number of aliphatic carboxylic acids is 1. The first-order valence-corrected chi connectivity index (χ1v) is 12.1. The number of para-hydroxylation sites is 1. The van der Waals surface area contributed by atoms with Crippen molar-refractivity contribution < 1.29 is 19.5 Å². The molecule has 1 aliphatic rings. The number of ketones is 1. The van der Waals surface area contributed by atoms with E-state index in [1.54, 1.807) is 4.90 Å². The van der Waals surface area contributed by atoms with Crippen molar-refractivity contribution in [3.05, 3.63) is 89.0 Å². The first kappa shape index (κ1) is 25.0. The van der Waals surface area contributed by atoms with Crippen LogP contribution in [-0.2, 0) is 22.4 Å². The van der Waals surface area contributed by atoms with E-state index in [1.165, 1.54) is 5.56 Å². The quantitative estimate of drug-likeness (QED) is 0.377. The zero-order valence-corrected chi connectivity index (χ0v) is 20.6. The topological polar surface area (TPSA) is 98.7 Å². The molecule has 3 N–H and O–H groups in total. The number of fused-ring (bicyclic) bond motifs is 1. The van der Waals surface area contributed by atoms with Gasteiger partial charge in [0.05, 0.1) is 13.0 Å². The summed E-state index contributed by atoms with van der Waals surface area (Å²) in [4.78, 5) is 38.2. The van der Waals surface area contributed by atoms with E-state index < -0.39 is 5.97 Å². The van der Waals surface area contributed by atoms with Crippen LogP contribution in [0.5, 0.6) is 0 Å². The SMILES string of the molecule is Cc1cc(CC(=O)CNc2cccc(C(C)CC(=O)O)c2)ccc1NC(=O)N1CCc2ccccc21. The third-order valence-electron chi connectivity index (χ3n) is 6.49. The summed E-state index contributed by atoms with van der Waals surface area (Å²) in [5.74, 6) is -0.913. The van der Waals surface area contributed by atoms with Crippen LogP contribution in [0.4, 0.5) is 21.9 Å². The van der Waals surface area contributed by atoms with Crippen molar-refractivity contribution in [1.82, 2.24) is 0 Å². The van der Waals surface area contributed by atoms with Crippen molar-refractivity contribution >= 4 is 34.8 Å². The lowest BCUT2D eigenvalue weighted by Gasteiger charge is -2.19. The van der Waals surface area contributed by atoms with Crippen LogP contribution in [0.2, 0.25) is 0 Å². The first-order chi connectivity index (χ1) is 17.3. The first-order valence-electron chi connectivity index (χ1n) is 12.1. The third kappa shape index (κ3) is 6.10. The van der Waals surface area contributed by atoms with Crippen LogP contribution >= 0.6 is 0 Å². The van der Waals surface area contributed by atoms with Crippen molar-refractivity contribution in [1.29, 1.82) is 0 Å². The number of hydrogen-bond acceptors (Lipinski definition) is 4. The molecule has 1 aliphatic heterocycles. The van der Waals surface area contributed by atoms with Gasteiger partial charge in [0.25, 0.3) is 0 Å². The fourth-order valence-electron chi connectivity index (χ4n) is 4.53. The number of carbonyl (C=O) groups is 3. The second-order valence-electron chi connectivity index (χ2n) is 9.30. The van der Waals surface area contributed by atoms with E-state index in [-0.39, 0.29) is 37.1 Å². The number of Topliss-reactive ketones (excluding diaryl/α,β-unsaturated/α-hetero) is 1. The number of rotatable bonds is 9. The number of carbonyl (C=O) groups excluding carboxylic acids is 2. The molecule has 3 aromatic rings. The molecule has 1 unspecified atom stereocenters. The average molecular weight is 486 g/mol. The summed E-state index contributed by atoms with van der Waals surface area (Å²) in [7, 11) is 0. The van der Waals surface area contributed by atoms with Crippen molar-refractivity contribution in [3.8, 4) is 0 Å². The van der Waals surface area contributed by atoms with E-state index >= 15 is 0 Å². The molecule has 4 rings (SSSR count). The number of urea groups is 1. The number of nitrogens with one attached hydrogen (secondary N) is 2. The molecule has 2 amide bonds. The van der Waals surface area contributed by atoms with Gasteiger partial charge in [-0.2, -0.15) is 0 Å². The number of aryl methyl sites for hydroxylation is 1. The van der Waals surface area contributed by atoms with Gasteiger partial charge in [0.15, 0.2) is 5.78 Å². The van der Waals surface area contributed by atoms with Crippen LogP contribution < -0.4 is 15.5 Å². The van der Waals surface area contributed by atoms with Crippen LogP contribution in [0.25, 0.3) is 0 Å². The Labute approximate surface area is 211 Å². The zero-order valence-electron chi connectivity index (χ0n) is 20.6. The highest BCUT2D eigenvalue weighted by molar-refractivity contribution is 6.03. The van der Waals surface area contributed by atoms with Crippen LogP contribution in [0.3, 0.4) is 0 Å². The maximum absolute atomic E-state index is 12.9. The zero-order chi connectivity index (χ0) is 25.7. The molecule has 0 aromatic heterocycles. The molecular formula is C29H31N3O4. The van der Waals surface area contributed by atoms with Crippen molar-refractivity contribution in [2.45, 2.75) is 39.0 Å². The summed E-state index contributed by atoms with van der Waals surface area (Å²) in [5, 5.41) is 15.2. The van der Waals surface area contributed by atoms with Gasteiger partial charge in [-0.25, -0.2) is 4.79 Å². The van der Waals surface area contributed by atoms with Gasteiger partial charge in [-0.1, -0.05) is 49.4 Å². The molecule has 0 spiro atoms. The second-order valence-corrected chi connectivity index (χ2v) is 9.30. The predicted molar refractivity (Wildman–Crippen MR) is 142 cm³/mol. The van der Waals surface area contributed by atoms with Crippen molar-refractivity contribution in [2.75, 3.05) is 28.6 Å². The van der Waals surface area contributed by atoms with Gasteiger partial charge < -0.3 is 15.7 Å². The van der Waals surface area contributed by atoms with Crippen molar-refractivity contribution in [2.24, 2.45) is 0 Å². The Hall–Kier alpha value is -4.13. The van der Waals surface area contributed by atoms with Crippen LogP contribution in [0.15, 0.2) is 66.7 Å². The molecular weight excluding hydrogens is 454 g/mol. The Kier molecular flexibility index (Phi) is 7.68. The molecule has 0 saturated carbocycles. The van der Waals surface area contributed by atoms with E-state index in [0.717, 1.165) is 40.2 Å². The largest absolute Gasteiger partial charge is 0.481 e. The fraction of sp³-hybridized carbons (Fsp3) is 0.276. The summed E-state index contributed by atoms with van der Waals surface area (Å²) in [6, 6.07) is 20.9. The monoisotopic (exact) mass is 485 g/mol. The molecule has 3 aromatic carbocycles. The lowest BCUT2D eigenvalue weighted by atomic mass is 9.97. The van der Waals surface area contributed by atoms with Crippen LogP contribution in [-0.4, -0.2) is 36.0 Å².